The van der Waals surface area contributed by atoms with Gasteiger partial charge in [-0.3, -0.25) is 4.98 Å². The number of rotatable bonds is 3. The zero-order chi connectivity index (χ0) is 16.4. The lowest BCUT2D eigenvalue weighted by Crippen LogP contribution is -2.35. The van der Waals surface area contributed by atoms with Crippen LogP contribution in [-0.4, -0.2) is 53.8 Å². The van der Waals surface area contributed by atoms with Crippen LogP contribution in [0, 0.1) is 5.92 Å². The fraction of sp³-hybridized carbons (Fsp3) is 0.643. The summed E-state index contributed by atoms with van der Waals surface area (Å²) in [6.45, 7) is 6.30. The first-order chi connectivity index (χ1) is 10.2. The summed E-state index contributed by atoms with van der Waals surface area (Å²) >= 11 is 0. The summed E-state index contributed by atoms with van der Waals surface area (Å²) < 4.78 is 29.8. The Morgan fingerprint density at radius 2 is 2.14 bits per heavy atom. The molecule has 0 unspecified atom stereocenters. The van der Waals surface area contributed by atoms with Crippen molar-refractivity contribution in [2.24, 2.45) is 5.92 Å². The van der Waals surface area contributed by atoms with Gasteiger partial charge >= 0.3 is 6.09 Å². The number of likely N-dealkylation sites (tertiary alicyclic amines) is 1. The molecule has 1 saturated heterocycles. The maximum atomic E-state index is 12.3. The molecule has 0 radical (unpaired) electrons. The Labute approximate surface area is 130 Å². The number of hydrogen-bond acceptors (Lipinski definition) is 6. The minimum absolute atomic E-state index is 0.0225. The van der Waals surface area contributed by atoms with Gasteiger partial charge in [0.05, 0.1) is 11.9 Å². The molecule has 1 aromatic rings. The summed E-state index contributed by atoms with van der Waals surface area (Å²) in [6.07, 6.45) is 4.27. The van der Waals surface area contributed by atoms with Crippen molar-refractivity contribution in [2.45, 2.75) is 37.8 Å². The van der Waals surface area contributed by atoms with E-state index in [1.807, 2.05) is 0 Å². The van der Waals surface area contributed by atoms with E-state index in [0.717, 1.165) is 0 Å². The first-order valence-corrected chi connectivity index (χ1v) is 8.79. The van der Waals surface area contributed by atoms with Gasteiger partial charge in [0, 0.05) is 25.5 Å². The zero-order valence-electron chi connectivity index (χ0n) is 13.0. The second kappa shape index (κ2) is 6.20. The number of nitrogens with zero attached hydrogens (tertiary/aromatic N) is 3. The van der Waals surface area contributed by atoms with Crippen LogP contribution in [0.2, 0.25) is 0 Å². The monoisotopic (exact) mass is 327 g/mol. The van der Waals surface area contributed by atoms with E-state index in [1.54, 1.807) is 25.7 Å². The molecule has 7 nitrogen and oxygen atoms in total. The molecule has 0 spiro atoms. The van der Waals surface area contributed by atoms with Crippen LogP contribution in [0.3, 0.4) is 0 Å². The van der Waals surface area contributed by atoms with E-state index in [0.29, 0.717) is 19.5 Å². The Hall–Kier alpha value is -1.70. The van der Waals surface area contributed by atoms with Crippen molar-refractivity contribution in [1.29, 1.82) is 0 Å². The first-order valence-electron chi connectivity index (χ1n) is 7.14. The summed E-state index contributed by atoms with van der Waals surface area (Å²) in [5.74, 6) is -0.148. The maximum absolute atomic E-state index is 12.3. The number of sulfone groups is 1. The molecule has 1 aliphatic rings. The van der Waals surface area contributed by atoms with E-state index >= 15 is 0 Å². The normalized spacial score (nSPS) is 19.2. The molecule has 122 valence electrons. The van der Waals surface area contributed by atoms with E-state index < -0.39 is 21.5 Å². The molecule has 0 aliphatic carbocycles. The van der Waals surface area contributed by atoms with Crippen molar-refractivity contribution in [3.05, 3.63) is 18.6 Å². The lowest BCUT2D eigenvalue weighted by Gasteiger charge is -2.24. The molecule has 1 atom stereocenters. The molecule has 8 heteroatoms. The second-order valence-electron chi connectivity index (χ2n) is 6.41. The number of hydrogen-bond donors (Lipinski definition) is 0. The minimum Gasteiger partial charge on any atom is -0.444 e. The molecule has 1 aliphatic heterocycles. The van der Waals surface area contributed by atoms with Crippen LogP contribution in [0.5, 0.6) is 0 Å². The molecule has 1 fully saturated rings. The number of ether oxygens (including phenoxy) is 1. The van der Waals surface area contributed by atoms with Crippen LogP contribution in [0.25, 0.3) is 0 Å². The van der Waals surface area contributed by atoms with Crippen molar-refractivity contribution in [1.82, 2.24) is 14.9 Å². The van der Waals surface area contributed by atoms with Crippen LogP contribution >= 0.6 is 0 Å². The molecule has 0 aromatic carbocycles. The quantitative estimate of drug-likeness (QED) is 0.836. The first kappa shape index (κ1) is 16.7. The van der Waals surface area contributed by atoms with Gasteiger partial charge in [0.2, 0.25) is 0 Å². The van der Waals surface area contributed by atoms with Gasteiger partial charge in [0.15, 0.2) is 14.9 Å². The Morgan fingerprint density at radius 1 is 1.41 bits per heavy atom. The fourth-order valence-electron chi connectivity index (χ4n) is 2.30. The van der Waals surface area contributed by atoms with Crippen molar-refractivity contribution >= 4 is 15.9 Å². The average Bonchev–Trinajstić information content (AvgIpc) is 2.86. The third-order valence-corrected chi connectivity index (χ3v) is 5.01. The van der Waals surface area contributed by atoms with E-state index in [9.17, 15) is 13.2 Å². The Morgan fingerprint density at radius 3 is 2.73 bits per heavy atom. The predicted octanol–water partition coefficient (Wildman–Crippen LogP) is 1.51. The van der Waals surface area contributed by atoms with E-state index in [4.69, 9.17) is 4.74 Å². The van der Waals surface area contributed by atoms with Crippen LogP contribution < -0.4 is 0 Å². The lowest BCUT2D eigenvalue weighted by molar-refractivity contribution is 0.0289. The average molecular weight is 327 g/mol. The Bertz CT molecular complexity index is 625. The van der Waals surface area contributed by atoms with Gasteiger partial charge in [-0.2, -0.15) is 0 Å². The van der Waals surface area contributed by atoms with Gasteiger partial charge in [-0.1, -0.05) is 0 Å². The molecular formula is C14H21N3O4S. The smallest absolute Gasteiger partial charge is 0.410 e. The van der Waals surface area contributed by atoms with Gasteiger partial charge in [0.25, 0.3) is 0 Å². The maximum Gasteiger partial charge on any atom is 0.410 e. The van der Waals surface area contributed by atoms with Crippen molar-refractivity contribution < 1.29 is 17.9 Å². The fourth-order valence-corrected chi connectivity index (χ4v) is 3.81. The van der Waals surface area contributed by atoms with Crippen molar-refractivity contribution in [3.63, 3.8) is 0 Å². The van der Waals surface area contributed by atoms with Gasteiger partial charge in [-0.15, -0.1) is 0 Å². The topological polar surface area (TPSA) is 89.5 Å². The van der Waals surface area contributed by atoms with E-state index in [2.05, 4.69) is 9.97 Å². The third kappa shape index (κ3) is 4.40. The predicted molar refractivity (Wildman–Crippen MR) is 80.0 cm³/mol. The molecule has 0 bridgehead atoms. The molecule has 1 aromatic heterocycles. The number of carbonyl (C=O) groups is 1. The van der Waals surface area contributed by atoms with E-state index in [1.165, 1.54) is 18.6 Å². The highest BCUT2D eigenvalue weighted by atomic mass is 32.2. The standard InChI is InChI=1S/C14H21N3O4S/c1-14(2,3)21-13(18)17-7-4-11(9-17)10-22(19,20)12-8-15-5-6-16-12/h5-6,8,11H,4,7,9-10H2,1-3H3/t11-/m0/s1. The second-order valence-corrected chi connectivity index (χ2v) is 8.39. The van der Waals surface area contributed by atoms with Gasteiger partial charge in [0.1, 0.15) is 5.60 Å². The highest BCUT2D eigenvalue weighted by Gasteiger charge is 2.33. The van der Waals surface area contributed by atoms with Gasteiger partial charge < -0.3 is 9.64 Å². The number of carbonyl (C=O) groups excluding carboxylic acids is 1. The Balaban J connectivity index is 1.95. The summed E-state index contributed by atoms with van der Waals surface area (Å²) in [4.78, 5) is 21.2. The van der Waals surface area contributed by atoms with E-state index in [-0.39, 0.29) is 16.7 Å². The Kier molecular flexibility index (Phi) is 4.69. The van der Waals surface area contributed by atoms with Crippen LogP contribution in [0.4, 0.5) is 4.79 Å². The molecule has 22 heavy (non-hydrogen) atoms. The summed E-state index contributed by atoms with van der Waals surface area (Å²) in [6, 6.07) is 0. The largest absolute Gasteiger partial charge is 0.444 e. The zero-order valence-corrected chi connectivity index (χ0v) is 13.8. The third-order valence-electron chi connectivity index (χ3n) is 3.25. The van der Waals surface area contributed by atoms with Crippen molar-refractivity contribution in [2.75, 3.05) is 18.8 Å². The molecule has 0 saturated carbocycles. The molecular weight excluding hydrogens is 306 g/mol. The highest BCUT2D eigenvalue weighted by Crippen LogP contribution is 2.22. The SMILES string of the molecule is CC(C)(C)OC(=O)N1CC[C@H](CS(=O)(=O)c2cnccn2)C1. The molecule has 0 N–H and O–H groups in total. The highest BCUT2D eigenvalue weighted by molar-refractivity contribution is 7.91. The molecule has 1 amide bonds. The number of amides is 1. The summed E-state index contributed by atoms with van der Waals surface area (Å²) in [5, 5.41) is -0.0225. The van der Waals surface area contributed by atoms with Crippen molar-refractivity contribution in [3.8, 4) is 0 Å². The van der Waals surface area contributed by atoms with Gasteiger partial charge in [-0.25, -0.2) is 18.2 Å². The van der Waals surface area contributed by atoms with Gasteiger partial charge in [-0.05, 0) is 33.1 Å². The van der Waals surface area contributed by atoms with Crippen LogP contribution in [-0.2, 0) is 14.6 Å². The summed E-state index contributed by atoms with van der Waals surface area (Å²) in [7, 11) is -3.48. The minimum atomic E-state index is -3.48. The van der Waals surface area contributed by atoms with Crippen LogP contribution in [0.15, 0.2) is 23.6 Å². The molecule has 2 rings (SSSR count). The van der Waals surface area contributed by atoms with Crippen LogP contribution in [0.1, 0.15) is 27.2 Å². The number of aromatic nitrogens is 2. The molecule has 2 heterocycles. The summed E-state index contributed by atoms with van der Waals surface area (Å²) in [5.41, 5.74) is -0.555. The lowest BCUT2D eigenvalue weighted by atomic mass is 10.2.